The molecule has 0 radical (unpaired) electrons. The Labute approximate surface area is 255 Å². The van der Waals surface area contributed by atoms with E-state index in [1.807, 2.05) is 43.3 Å². The number of ether oxygens (including phenoxy) is 1. The number of ketones is 2. The molecule has 1 heterocycles. The van der Waals surface area contributed by atoms with Crippen LogP contribution in [0.3, 0.4) is 0 Å². The summed E-state index contributed by atoms with van der Waals surface area (Å²) in [4.78, 5) is 27.5. The van der Waals surface area contributed by atoms with E-state index in [1.165, 1.54) is 22.7 Å². The van der Waals surface area contributed by atoms with Crippen molar-refractivity contribution in [3.05, 3.63) is 112 Å². The fourth-order valence-electron chi connectivity index (χ4n) is 6.39. The number of allylic oxidation sites excluding steroid dienone is 6. The third-order valence-corrected chi connectivity index (χ3v) is 8.76. The minimum absolute atomic E-state index is 0.00404. The topological polar surface area (TPSA) is 48.3 Å². The molecule has 1 aliphatic carbocycles. The molecule has 0 atom stereocenters. The molecule has 0 N–H and O–H groups in total. The number of methoxy groups -OCH3 is 1. The molecule has 5 rings (SSSR count). The summed E-state index contributed by atoms with van der Waals surface area (Å²) in [5.41, 5.74) is 7.60. The SMILES string of the molecule is CCn1c2ccccc2c2cc(/C=C(\C(=O)/C=C/C3=C(C)CCCC3(C)C)C(=O)/C=C/c3ccc(C)c(OC)c3)ccc21. The molecule has 3 aromatic carbocycles. The van der Waals surface area contributed by atoms with Crippen molar-refractivity contribution in [2.75, 3.05) is 7.11 Å². The van der Waals surface area contributed by atoms with Gasteiger partial charge in [-0.2, -0.15) is 0 Å². The van der Waals surface area contributed by atoms with Crippen molar-refractivity contribution in [2.24, 2.45) is 5.41 Å². The van der Waals surface area contributed by atoms with Crippen molar-refractivity contribution >= 4 is 45.5 Å². The molecule has 0 fully saturated rings. The molecule has 43 heavy (non-hydrogen) atoms. The Balaban J connectivity index is 1.57. The van der Waals surface area contributed by atoms with Gasteiger partial charge in [0.25, 0.3) is 0 Å². The first kappa shape index (κ1) is 30.0. The van der Waals surface area contributed by atoms with Crippen LogP contribution < -0.4 is 4.74 Å². The third kappa shape index (κ3) is 6.19. The van der Waals surface area contributed by atoms with Crippen LogP contribution in [0.4, 0.5) is 0 Å². The molecular weight excluding hydrogens is 530 g/mol. The van der Waals surface area contributed by atoms with Gasteiger partial charge in [0.15, 0.2) is 11.6 Å². The predicted molar refractivity (Wildman–Crippen MR) is 179 cm³/mol. The standard InChI is InChI=1S/C39H41NO3/c1-7-40-34-13-9-8-12-30(34)31-23-29(16-19-35(31)40)24-32(36(41)20-17-28-15-14-27(3)38(25-28)43-6)37(42)21-18-33-26(2)11-10-22-39(33,4)5/h8-9,12-21,23-25H,7,10-11,22H2,1-6H3/b20-17+,21-18+,32-24-. The van der Waals surface area contributed by atoms with Gasteiger partial charge in [-0.15, -0.1) is 0 Å². The van der Waals surface area contributed by atoms with Crippen molar-refractivity contribution in [1.29, 1.82) is 0 Å². The van der Waals surface area contributed by atoms with E-state index in [2.05, 4.69) is 62.6 Å². The fourth-order valence-corrected chi connectivity index (χ4v) is 6.39. The van der Waals surface area contributed by atoms with Crippen LogP contribution >= 0.6 is 0 Å². The lowest BCUT2D eigenvalue weighted by atomic mass is 9.72. The summed E-state index contributed by atoms with van der Waals surface area (Å²) < 4.78 is 7.74. The molecule has 4 aromatic rings. The average molecular weight is 572 g/mol. The second-order valence-corrected chi connectivity index (χ2v) is 12.2. The molecule has 4 heteroatoms. The number of aromatic nitrogens is 1. The van der Waals surface area contributed by atoms with E-state index in [9.17, 15) is 9.59 Å². The van der Waals surface area contributed by atoms with Gasteiger partial charge in [-0.3, -0.25) is 9.59 Å². The summed E-state index contributed by atoms with van der Waals surface area (Å²) >= 11 is 0. The first-order valence-corrected chi connectivity index (χ1v) is 15.2. The normalized spacial score (nSPS) is 15.7. The zero-order chi connectivity index (χ0) is 30.7. The number of rotatable bonds is 9. The van der Waals surface area contributed by atoms with E-state index in [0.29, 0.717) is 0 Å². The maximum absolute atomic E-state index is 13.8. The van der Waals surface area contributed by atoms with Crippen LogP contribution in [0.25, 0.3) is 34.0 Å². The summed E-state index contributed by atoms with van der Waals surface area (Å²) in [5.74, 6) is 0.121. The van der Waals surface area contributed by atoms with Crippen molar-refractivity contribution in [3.8, 4) is 5.75 Å². The molecule has 4 nitrogen and oxygen atoms in total. The van der Waals surface area contributed by atoms with Gasteiger partial charge in [0, 0.05) is 28.4 Å². The Kier molecular flexibility index (Phi) is 8.68. The molecule has 0 amide bonds. The average Bonchev–Trinajstić information content (AvgIpc) is 3.31. The highest BCUT2D eigenvalue weighted by molar-refractivity contribution is 6.30. The highest BCUT2D eigenvalue weighted by atomic mass is 16.5. The highest BCUT2D eigenvalue weighted by Crippen LogP contribution is 2.40. The van der Waals surface area contributed by atoms with Crippen molar-refractivity contribution in [2.45, 2.75) is 60.4 Å². The van der Waals surface area contributed by atoms with E-state index >= 15 is 0 Å². The monoisotopic (exact) mass is 571 g/mol. The largest absolute Gasteiger partial charge is 0.496 e. The molecule has 0 bridgehead atoms. The Hall–Kier alpha value is -4.44. The molecular formula is C39H41NO3. The minimum atomic E-state index is -0.334. The number of fused-ring (bicyclic) bond motifs is 3. The number of para-hydroxylation sites is 1. The van der Waals surface area contributed by atoms with Crippen molar-refractivity contribution in [1.82, 2.24) is 4.57 Å². The van der Waals surface area contributed by atoms with Gasteiger partial charge < -0.3 is 9.30 Å². The number of benzene rings is 3. The summed E-state index contributed by atoms with van der Waals surface area (Å²) in [5, 5.41) is 2.26. The highest BCUT2D eigenvalue weighted by Gasteiger charge is 2.27. The van der Waals surface area contributed by atoms with Crippen molar-refractivity contribution in [3.63, 3.8) is 0 Å². The first-order valence-electron chi connectivity index (χ1n) is 15.2. The molecule has 0 spiro atoms. The van der Waals surface area contributed by atoms with Gasteiger partial charge in [-0.1, -0.05) is 68.0 Å². The molecule has 0 saturated carbocycles. The summed E-state index contributed by atoms with van der Waals surface area (Å²) in [6.07, 6.45) is 11.7. The van der Waals surface area contributed by atoms with Gasteiger partial charge in [0.2, 0.25) is 0 Å². The molecule has 0 aliphatic heterocycles. The number of aryl methyl sites for hydroxylation is 2. The van der Waals surface area contributed by atoms with Gasteiger partial charge in [0.1, 0.15) is 5.75 Å². The summed E-state index contributed by atoms with van der Waals surface area (Å²) in [6.45, 7) is 11.6. The van der Waals surface area contributed by atoms with E-state index in [0.717, 1.165) is 64.5 Å². The number of carbonyl (C=O) groups is 2. The van der Waals surface area contributed by atoms with Crippen LogP contribution in [-0.4, -0.2) is 23.2 Å². The van der Waals surface area contributed by atoms with Gasteiger partial charge in [-0.25, -0.2) is 0 Å². The minimum Gasteiger partial charge on any atom is -0.496 e. The maximum atomic E-state index is 13.8. The van der Waals surface area contributed by atoms with Crippen LogP contribution in [0, 0.1) is 12.3 Å². The Morgan fingerprint density at radius 3 is 2.30 bits per heavy atom. The lowest BCUT2D eigenvalue weighted by Gasteiger charge is -2.32. The quantitative estimate of drug-likeness (QED) is 0.114. The van der Waals surface area contributed by atoms with Crippen LogP contribution in [0.15, 0.2) is 95.6 Å². The van der Waals surface area contributed by atoms with E-state index in [4.69, 9.17) is 4.74 Å². The van der Waals surface area contributed by atoms with Crippen LogP contribution in [0.1, 0.15) is 63.6 Å². The lowest BCUT2D eigenvalue weighted by molar-refractivity contribution is -0.116. The van der Waals surface area contributed by atoms with E-state index in [1.54, 1.807) is 25.3 Å². The van der Waals surface area contributed by atoms with E-state index < -0.39 is 0 Å². The van der Waals surface area contributed by atoms with Crippen molar-refractivity contribution < 1.29 is 14.3 Å². The second-order valence-electron chi connectivity index (χ2n) is 12.2. The number of hydrogen-bond acceptors (Lipinski definition) is 3. The van der Waals surface area contributed by atoms with Crippen LogP contribution in [-0.2, 0) is 16.1 Å². The summed E-state index contributed by atoms with van der Waals surface area (Å²) in [6, 6.07) is 20.3. The lowest BCUT2D eigenvalue weighted by Crippen LogP contribution is -2.19. The fraction of sp³-hybridized carbons (Fsp3) is 0.282. The zero-order valence-electron chi connectivity index (χ0n) is 26.2. The van der Waals surface area contributed by atoms with Gasteiger partial charge in [-0.05, 0) is 110 Å². The smallest absolute Gasteiger partial charge is 0.189 e. The van der Waals surface area contributed by atoms with E-state index in [-0.39, 0.29) is 22.6 Å². The van der Waals surface area contributed by atoms with Crippen LogP contribution in [0.2, 0.25) is 0 Å². The number of carbonyl (C=O) groups excluding carboxylic acids is 2. The third-order valence-electron chi connectivity index (χ3n) is 8.76. The molecule has 1 aromatic heterocycles. The van der Waals surface area contributed by atoms with Gasteiger partial charge >= 0.3 is 0 Å². The second kappa shape index (κ2) is 12.4. The number of hydrogen-bond donors (Lipinski definition) is 0. The van der Waals surface area contributed by atoms with Gasteiger partial charge in [0.05, 0.1) is 12.7 Å². The Morgan fingerprint density at radius 2 is 1.58 bits per heavy atom. The molecule has 0 unspecified atom stereocenters. The maximum Gasteiger partial charge on any atom is 0.189 e. The molecule has 1 aliphatic rings. The zero-order valence-corrected chi connectivity index (χ0v) is 26.2. The Morgan fingerprint density at radius 1 is 0.884 bits per heavy atom. The first-order chi connectivity index (χ1) is 20.6. The summed E-state index contributed by atoms with van der Waals surface area (Å²) in [7, 11) is 1.63. The van der Waals surface area contributed by atoms with Crippen LogP contribution in [0.5, 0.6) is 5.75 Å². The Bertz CT molecular complexity index is 1840. The molecule has 220 valence electrons. The predicted octanol–water partition coefficient (Wildman–Crippen LogP) is 9.45. The molecule has 0 saturated heterocycles. The number of nitrogens with zero attached hydrogens (tertiary/aromatic N) is 1.